The number of amides is 4. The van der Waals surface area contributed by atoms with Crippen molar-refractivity contribution in [2.75, 3.05) is 13.1 Å². The van der Waals surface area contributed by atoms with Crippen molar-refractivity contribution in [1.29, 1.82) is 16.2 Å². The lowest BCUT2D eigenvalue weighted by Gasteiger charge is -2.27. The zero-order valence-corrected chi connectivity index (χ0v) is 28.0. The first-order valence-electron chi connectivity index (χ1n) is 16.1. The van der Waals surface area contributed by atoms with Gasteiger partial charge in [-0.25, -0.2) is 0 Å². The van der Waals surface area contributed by atoms with E-state index in [2.05, 4.69) is 31.9 Å². The van der Waals surface area contributed by atoms with E-state index >= 15 is 0 Å². The van der Waals surface area contributed by atoms with Gasteiger partial charge in [-0.05, 0) is 42.7 Å². The second-order valence-electron chi connectivity index (χ2n) is 11.9. The van der Waals surface area contributed by atoms with Gasteiger partial charge in [-0.1, -0.05) is 68.4 Å². The highest BCUT2D eigenvalue weighted by molar-refractivity contribution is 5.95. The van der Waals surface area contributed by atoms with Gasteiger partial charge in [-0.3, -0.25) is 35.4 Å². The summed E-state index contributed by atoms with van der Waals surface area (Å²) in [5.74, 6) is -2.87. The molecular formula is C33H50N12O4. The monoisotopic (exact) mass is 678 g/mol. The van der Waals surface area contributed by atoms with E-state index < -0.39 is 35.8 Å². The fourth-order valence-electron chi connectivity index (χ4n) is 4.79. The second-order valence-corrected chi connectivity index (χ2v) is 11.9. The fraction of sp³-hybridized carbons (Fsp3) is 0.424. The lowest BCUT2D eigenvalue weighted by molar-refractivity contribution is -0.134. The third-order valence-electron chi connectivity index (χ3n) is 7.44. The number of benzene rings is 2. The highest BCUT2D eigenvalue weighted by atomic mass is 16.2. The van der Waals surface area contributed by atoms with Crippen molar-refractivity contribution in [3.05, 3.63) is 71.3 Å². The Balaban J connectivity index is 2.15. The summed E-state index contributed by atoms with van der Waals surface area (Å²) in [4.78, 5) is 53.4. The molecule has 2 aromatic carbocycles. The number of nitrogens with one attached hydrogen (secondary N) is 9. The standard InChI is InChI=1S/C33H50N12O4/c1-20(2)27(45-30(48)25(11-7-17-41-33(38)39)43-26(46)18-21-8-4-3-5-9-21)31(49)44-24(10-6-16-40-32(36)37)29(47)42-19-22-12-14-23(15-13-22)28(34)35/h3-5,8-9,12-15,20,24-25,27H,6-7,10-11,16-19H2,1-2H3,(H3,34,35)(H,42,47)(H,43,46)(H,44,49)(H,45,48)(H4,36,37,40)(H4,38,39,41)/t24-,25-,27?/m0/s1. The third-order valence-corrected chi connectivity index (χ3v) is 7.44. The van der Waals surface area contributed by atoms with E-state index in [1.807, 2.05) is 18.2 Å². The maximum Gasteiger partial charge on any atom is 0.243 e. The molecule has 0 aliphatic heterocycles. The Morgan fingerprint density at radius 3 is 1.71 bits per heavy atom. The maximum atomic E-state index is 13.6. The van der Waals surface area contributed by atoms with Crippen LogP contribution in [0.4, 0.5) is 0 Å². The van der Waals surface area contributed by atoms with Crippen molar-refractivity contribution in [2.24, 2.45) is 23.1 Å². The Bertz CT molecular complexity index is 1430. The van der Waals surface area contributed by atoms with Crippen LogP contribution in [-0.2, 0) is 32.1 Å². The molecule has 49 heavy (non-hydrogen) atoms. The van der Waals surface area contributed by atoms with Gasteiger partial charge in [0.1, 0.15) is 24.0 Å². The van der Waals surface area contributed by atoms with Gasteiger partial charge < -0.3 is 49.1 Å². The van der Waals surface area contributed by atoms with E-state index in [-0.39, 0.29) is 55.4 Å². The topological polar surface area (TPSA) is 290 Å². The molecule has 16 nitrogen and oxygen atoms in total. The molecule has 0 aliphatic carbocycles. The Kier molecular flexibility index (Phi) is 16.6. The molecule has 0 saturated carbocycles. The molecular weight excluding hydrogens is 628 g/mol. The molecule has 266 valence electrons. The normalized spacial score (nSPS) is 12.5. The van der Waals surface area contributed by atoms with Gasteiger partial charge in [0.2, 0.25) is 23.6 Å². The van der Waals surface area contributed by atoms with E-state index in [1.54, 1.807) is 50.2 Å². The van der Waals surface area contributed by atoms with Gasteiger partial charge in [0.25, 0.3) is 0 Å². The molecule has 0 aliphatic rings. The summed E-state index contributed by atoms with van der Waals surface area (Å²) < 4.78 is 0. The van der Waals surface area contributed by atoms with Crippen LogP contribution < -0.4 is 49.1 Å². The number of carbonyl (C=O) groups excluding carboxylic acids is 4. The molecule has 4 amide bonds. The Labute approximate surface area is 286 Å². The van der Waals surface area contributed by atoms with Crippen molar-refractivity contribution in [1.82, 2.24) is 31.9 Å². The molecule has 15 N–H and O–H groups in total. The lowest BCUT2D eigenvalue weighted by Crippen LogP contribution is -2.58. The highest BCUT2D eigenvalue weighted by Gasteiger charge is 2.31. The molecule has 2 rings (SSSR count). The summed E-state index contributed by atoms with van der Waals surface area (Å²) in [5, 5.41) is 38.7. The number of nitrogens with two attached hydrogens (primary N) is 3. The molecule has 0 heterocycles. The zero-order valence-electron chi connectivity index (χ0n) is 28.0. The number of nitrogen functional groups attached to an aromatic ring is 1. The predicted molar refractivity (Wildman–Crippen MR) is 188 cm³/mol. The van der Waals surface area contributed by atoms with Crippen LogP contribution in [0.1, 0.15) is 56.2 Å². The van der Waals surface area contributed by atoms with Crippen LogP contribution in [0.15, 0.2) is 54.6 Å². The molecule has 1 unspecified atom stereocenters. The van der Waals surface area contributed by atoms with Crippen LogP contribution in [-0.4, -0.2) is 72.6 Å². The average molecular weight is 679 g/mol. The predicted octanol–water partition coefficient (Wildman–Crippen LogP) is -0.533. The second kappa shape index (κ2) is 20.5. The highest BCUT2D eigenvalue weighted by Crippen LogP contribution is 2.09. The molecule has 0 aromatic heterocycles. The first kappa shape index (κ1) is 39.5. The molecule has 3 atom stereocenters. The Morgan fingerprint density at radius 1 is 0.653 bits per heavy atom. The van der Waals surface area contributed by atoms with Gasteiger partial charge >= 0.3 is 0 Å². The molecule has 0 spiro atoms. The molecule has 0 radical (unpaired) electrons. The lowest BCUT2D eigenvalue weighted by atomic mass is 10.0. The van der Waals surface area contributed by atoms with E-state index in [0.717, 1.165) is 11.1 Å². The molecule has 0 bridgehead atoms. The van der Waals surface area contributed by atoms with Crippen LogP contribution in [0.3, 0.4) is 0 Å². The summed E-state index contributed by atoms with van der Waals surface area (Å²) >= 11 is 0. The van der Waals surface area contributed by atoms with E-state index in [4.69, 9.17) is 33.4 Å². The first-order valence-corrected chi connectivity index (χ1v) is 16.1. The Morgan fingerprint density at radius 2 is 1.20 bits per heavy atom. The number of amidine groups is 1. The van der Waals surface area contributed by atoms with E-state index in [0.29, 0.717) is 31.5 Å². The summed E-state index contributed by atoms with van der Waals surface area (Å²) in [5.41, 5.74) is 18.3. The summed E-state index contributed by atoms with van der Waals surface area (Å²) in [6.45, 7) is 4.26. The van der Waals surface area contributed by atoms with Crippen LogP contribution in [0.2, 0.25) is 0 Å². The molecule has 2 aromatic rings. The smallest absolute Gasteiger partial charge is 0.243 e. The van der Waals surface area contributed by atoms with Crippen molar-refractivity contribution >= 4 is 41.4 Å². The SMILES string of the molecule is CC(C)C(NC(=O)[C@H](CCCNC(=N)N)NC(=O)Cc1ccccc1)C(=O)N[C@@H](CCCNC(=N)N)C(=O)NCc1ccc(C(=N)N)cc1. The molecule has 0 fully saturated rings. The number of carbonyl (C=O) groups is 4. The summed E-state index contributed by atoms with van der Waals surface area (Å²) in [6, 6.07) is 12.9. The third kappa shape index (κ3) is 15.2. The van der Waals surface area contributed by atoms with Crippen molar-refractivity contribution in [2.45, 2.75) is 70.6 Å². The number of hydrogen-bond acceptors (Lipinski definition) is 7. The van der Waals surface area contributed by atoms with Gasteiger partial charge in [-0.15, -0.1) is 0 Å². The number of rotatable bonds is 20. The van der Waals surface area contributed by atoms with Gasteiger partial charge in [0.05, 0.1) is 6.42 Å². The zero-order chi connectivity index (χ0) is 36.3. The van der Waals surface area contributed by atoms with E-state index in [1.165, 1.54) is 0 Å². The van der Waals surface area contributed by atoms with Gasteiger partial charge in [-0.2, -0.15) is 0 Å². The minimum absolute atomic E-state index is 0.0561. The first-order chi connectivity index (χ1) is 23.3. The number of hydrogen-bond donors (Lipinski definition) is 12. The largest absolute Gasteiger partial charge is 0.384 e. The Hall–Kier alpha value is -5.67. The van der Waals surface area contributed by atoms with Gasteiger partial charge in [0, 0.05) is 25.2 Å². The van der Waals surface area contributed by atoms with Crippen molar-refractivity contribution in [3.8, 4) is 0 Å². The minimum Gasteiger partial charge on any atom is -0.384 e. The quantitative estimate of drug-likeness (QED) is 0.0486. The van der Waals surface area contributed by atoms with Gasteiger partial charge in [0.15, 0.2) is 11.9 Å². The average Bonchev–Trinajstić information content (AvgIpc) is 3.05. The van der Waals surface area contributed by atoms with Crippen LogP contribution in [0, 0.1) is 22.1 Å². The molecule has 0 saturated heterocycles. The van der Waals surface area contributed by atoms with Crippen molar-refractivity contribution in [3.63, 3.8) is 0 Å². The van der Waals surface area contributed by atoms with Crippen molar-refractivity contribution < 1.29 is 19.2 Å². The maximum absolute atomic E-state index is 13.6. The fourth-order valence-corrected chi connectivity index (χ4v) is 4.79. The van der Waals surface area contributed by atoms with Crippen LogP contribution >= 0.6 is 0 Å². The minimum atomic E-state index is -1.04. The van der Waals surface area contributed by atoms with E-state index in [9.17, 15) is 19.2 Å². The van der Waals surface area contributed by atoms with Crippen LogP contribution in [0.25, 0.3) is 0 Å². The number of guanidine groups is 2. The summed E-state index contributed by atoms with van der Waals surface area (Å²) in [6.07, 6.45) is 1.27. The molecule has 16 heteroatoms. The van der Waals surface area contributed by atoms with Crippen LogP contribution in [0.5, 0.6) is 0 Å². The summed E-state index contributed by atoms with van der Waals surface area (Å²) in [7, 11) is 0.